The highest BCUT2D eigenvalue weighted by Crippen LogP contribution is 2.22. The van der Waals surface area contributed by atoms with Crippen LogP contribution in [-0.2, 0) is 14.3 Å². The van der Waals surface area contributed by atoms with Crippen LogP contribution in [0.3, 0.4) is 0 Å². The Morgan fingerprint density at radius 1 is 1.42 bits per heavy atom. The number of carboxylic acids is 1. The number of hydrogen-bond donors (Lipinski definition) is 1. The van der Waals surface area contributed by atoms with Gasteiger partial charge in [0.1, 0.15) is 0 Å². The van der Waals surface area contributed by atoms with Crippen LogP contribution in [0.4, 0.5) is 0 Å². The second-order valence-electron chi connectivity index (χ2n) is 5.98. The number of morpholine rings is 1. The molecule has 6 nitrogen and oxygen atoms in total. The number of aryl methyl sites for hydroxylation is 1. The Kier molecular flexibility index (Phi) is 7.08. The molecular weight excluding hydrogens is 328 g/mol. The largest absolute Gasteiger partial charge is 0.480 e. The number of hydrogen-bond acceptors (Lipinski definition) is 5. The SMILES string of the molecule is Cc1ccccc1SCC(=O)N1CCOC(CN(C)CC(=O)O)C1. The van der Waals surface area contributed by atoms with Gasteiger partial charge in [-0.05, 0) is 25.6 Å². The summed E-state index contributed by atoms with van der Waals surface area (Å²) in [6.45, 7) is 4.10. The first-order chi connectivity index (χ1) is 11.5. The summed E-state index contributed by atoms with van der Waals surface area (Å²) in [7, 11) is 1.74. The number of aliphatic carboxylic acids is 1. The van der Waals surface area contributed by atoms with E-state index in [1.165, 1.54) is 5.56 Å². The summed E-state index contributed by atoms with van der Waals surface area (Å²) in [6, 6.07) is 8.02. The van der Waals surface area contributed by atoms with Gasteiger partial charge in [0.25, 0.3) is 0 Å². The first-order valence-corrected chi connectivity index (χ1v) is 8.92. The molecule has 1 aromatic carbocycles. The minimum absolute atomic E-state index is 0.0308. The predicted octanol–water partition coefficient (Wildman–Crippen LogP) is 1.33. The van der Waals surface area contributed by atoms with Crippen molar-refractivity contribution in [2.24, 2.45) is 0 Å². The highest BCUT2D eigenvalue weighted by molar-refractivity contribution is 8.00. The van der Waals surface area contributed by atoms with E-state index < -0.39 is 5.97 Å². The maximum atomic E-state index is 12.4. The van der Waals surface area contributed by atoms with Gasteiger partial charge in [-0.1, -0.05) is 18.2 Å². The molecule has 1 saturated heterocycles. The Bertz CT molecular complexity index is 581. The van der Waals surface area contributed by atoms with E-state index >= 15 is 0 Å². The van der Waals surface area contributed by atoms with Crippen molar-refractivity contribution in [2.75, 3.05) is 45.6 Å². The van der Waals surface area contributed by atoms with Crippen molar-refractivity contribution < 1.29 is 19.4 Å². The molecule has 132 valence electrons. The summed E-state index contributed by atoms with van der Waals surface area (Å²) in [5.41, 5.74) is 1.17. The van der Waals surface area contributed by atoms with Gasteiger partial charge in [0.2, 0.25) is 5.91 Å². The van der Waals surface area contributed by atoms with Crippen molar-refractivity contribution in [1.29, 1.82) is 0 Å². The van der Waals surface area contributed by atoms with E-state index in [1.807, 2.05) is 36.1 Å². The minimum atomic E-state index is -0.865. The fraction of sp³-hybridized carbons (Fsp3) is 0.529. The fourth-order valence-corrected chi connectivity index (χ4v) is 3.58. The monoisotopic (exact) mass is 352 g/mol. The molecule has 1 aliphatic heterocycles. The topological polar surface area (TPSA) is 70.1 Å². The molecular formula is C17H24N2O4S. The summed E-state index contributed by atoms with van der Waals surface area (Å²) in [6.07, 6.45) is -0.143. The van der Waals surface area contributed by atoms with Gasteiger partial charge in [-0.3, -0.25) is 14.5 Å². The lowest BCUT2D eigenvalue weighted by Crippen LogP contribution is -2.50. The lowest BCUT2D eigenvalue weighted by atomic mass is 10.2. The van der Waals surface area contributed by atoms with Crippen LogP contribution in [0.5, 0.6) is 0 Å². The van der Waals surface area contributed by atoms with Crippen LogP contribution < -0.4 is 0 Å². The minimum Gasteiger partial charge on any atom is -0.480 e. The second kappa shape index (κ2) is 9.05. The molecule has 1 N–H and O–H groups in total. The summed E-state index contributed by atoms with van der Waals surface area (Å²) in [5, 5.41) is 8.80. The molecule has 2 rings (SSSR count). The van der Waals surface area contributed by atoms with E-state index in [1.54, 1.807) is 23.7 Å². The van der Waals surface area contributed by atoms with E-state index in [9.17, 15) is 9.59 Å². The van der Waals surface area contributed by atoms with Gasteiger partial charge in [0.05, 0.1) is 25.0 Å². The molecule has 0 aromatic heterocycles. The Labute approximate surface area is 146 Å². The van der Waals surface area contributed by atoms with Crippen molar-refractivity contribution in [1.82, 2.24) is 9.80 Å². The summed E-state index contributed by atoms with van der Waals surface area (Å²) < 4.78 is 5.66. The molecule has 1 atom stereocenters. The average molecular weight is 352 g/mol. The number of carbonyl (C=O) groups excluding carboxylic acids is 1. The van der Waals surface area contributed by atoms with Crippen LogP contribution >= 0.6 is 11.8 Å². The van der Waals surface area contributed by atoms with Crippen LogP contribution in [0.1, 0.15) is 5.56 Å². The van der Waals surface area contributed by atoms with Crippen LogP contribution in [0.15, 0.2) is 29.2 Å². The summed E-state index contributed by atoms with van der Waals surface area (Å²) in [5.74, 6) is -0.365. The molecule has 1 amide bonds. The maximum absolute atomic E-state index is 12.4. The van der Waals surface area contributed by atoms with E-state index in [0.29, 0.717) is 32.0 Å². The molecule has 0 saturated carbocycles. The normalized spacial score (nSPS) is 18.0. The van der Waals surface area contributed by atoms with Crippen molar-refractivity contribution in [3.05, 3.63) is 29.8 Å². The smallest absolute Gasteiger partial charge is 0.317 e. The maximum Gasteiger partial charge on any atom is 0.317 e. The first kappa shape index (κ1) is 18.8. The van der Waals surface area contributed by atoms with Gasteiger partial charge in [0, 0.05) is 24.5 Å². The number of ether oxygens (including phenoxy) is 1. The van der Waals surface area contributed by atoms with E-state index in [2.05, 4.69) is 0 Å². The zero-order valence-electron chi connectivity index (χ0n) is 14.1. The van der Waals surface area contributed by atoms with Gasteiger partial charge in [0.15, 0.2) is 0 Å². The van der Waals surface area contributed by atoms with E-state index in [-0.39, 0.29) is 18.6 Å². The zero-order chi connectivity index (χ0) is 17.5. The van der Waals surface area contributed by atoms with Crippen LogP contribution in [0, 0.1) is 6.92 Å². The van der Waals surface area contributed by atoms with E-state index in [0.717, 1.165) is 4.90 Å². The third-order valence-electron chi connectivity index (χ3n) is 3.86. The number of rotatable bonds is 7. The molecule has 0 radical (unpaired) electrons. The Morgan fingerprint density at radius 2 is 2.17 bits per heavy atom. The third-order valence-corrected chi connectivity index (χ3v) is 5.02. The molecule has 1 aromatic rings. The number of amides is 1. The molecule has 1 unspecified atom stereocenters. The quantitative estimate of drug-likeness (QED) is 0.747. The number of thioether (sulfide) groups is 1. The molecule has 0 spiro atoms. The van der Waals surface area contributed by atoms with Crippen molar-refractivity contribution in [2.45, 2.75) is 17.9 Å². The van der Waals surface area contributed by atoms with Gasteiger partial charge in [-0.25, -0.2) is 0 Å². The highest BCUT2D eigenvalue weighted by atomic mass is 32.2. The molecule has 0 bridgehead atoms. The molecule has 1 fully saturated rings. The molecule has 1 aliphatic rings. The predicted molar refractivity (Wildman–Crippen MR) is 93.4 cm³/mol. The van der Waals surface area contributed by atoms with Crippen molar-refractivity contribution in [3.8, 4) is 0 Å². The standard InChI is InChI=1S/C17H24N2O4S/c1-13-5-3-4-6-15(13)24-12-16(20)19-7-8-23-14(10-19)9-18(2)11-17(21)22/h3-6,14H,7-12H2,1-2H3,(H,21,22). The Morgan fingerprint density at radius 3 is 2.88 bits per heavy atom. The molecule has 24 heavy (non-hydrogen) atoms. The van der Waals surface area contributed by atoms with Gasteiger partial charge >= 0.3 is 5.97 Å². The van der Waals surface area contributed by atoms with E-state index in [4.69, 9.17) is 9.84 Å². The zero-order valence-corrected chi connectivity index (χ0v) is 14.9. The van der Waals surface area contributed by atoms with Gasteiger partial charge < -0.3 is 14.7 Å². The van der Waals surface area contributed by atoms with Crippen LogP contribution in [0.25, 0.3) is 0 Å². The molecule has 7 heteroatoms. The number of likely N-dealkylation sites (N-methyl/N-ethyl adjacent to an activating group) is 1. The summed E-state index contributed by atoms with van der Waals surface area (Å²) >= 11 is 1.55. The van der Waals surface area contributed by atoms with Crippen molar-refractivity contribution >= 4 is 23.6 Å². The third kappa shape index (κ3) is 5.81. The average Bonchev–Trinajstić information content (AvgIpc) is 2.53. The Balaban J connectivity index is 1.81. The second-order valence-corrected chi connectivity index (χ2v) is 6.99. The van der Waals surface area contributed by atoms with Crippen LogP contribution in [-0.4, -0.2) is 78.5 Å². The van der Waals surface area contributed by atoms with Gasteiger partial charge in [-0.2, -0.15) is 0 Å². The van der Waals surface area contributed by atoms with Gasteiger partial charge in [-0.15, -0.1) is 11.8 Å². The van der Waals surface area contributed by atoms with Crippen LogP contribution in [0.2, 0.25) is 0 Å². The highest BCUT2D eigenvalue weighted by Gasteiger charge is 2.25. The number of nitrogens with zero attached hydrogens (tertiary/aromatic N) is 2. The lowest BCUT2D eigenvalue weighted by molar-refractivity contribution is -0.141. The fourth-order valence-electron chi connectivity index (χ4n) is 2.65. The lowest BCUT2D eigenvalue weighted by Gasteiger charge is -2.34. The number of carboxylic acid groups (broad SMARTS) is 1. The first-order valence-electron chi connectivity index (χ1n) is 7.94. The Hall–Kier alpha value is -1.57. The number of benzene rings is 1. The van der Waals surface area contributed by atoms with Crippen molar-refractivity contribution in [3.63, 3.8) is 0 Å². The number of carbonyl (C=O) groups is 2. The molecule has 1 heterocycles. The molecule has 0 aliphatic carbocycles. The summed E-state index contributed by atoms with van der Waals surface area (Å²) in [4.78, 5) is 27.8.